The molecule has 3 aliphatic heterocycles. The molecular weight excluding hydrogens is 763 g/mol. The number of benzene rings is 2. The fourth-order valence-corrected chi connectivity index (χ4v) is 8.82. The van der Waals surface area contributed by atoms with E-state index in [-0.39, 0.29) is 41.8 Å². The zero-order valence-electron chi connectivity index (χ0n) is 36.3. The van der Waals surface area contributed by atoms with Gasteiger partial charge in [-0.1, -0.05) is 45.9 Å². The van der Waals surface area contributed by atoms with Gasteiger partial charge in [0.2, 0.25) is 5.91 Å². The van der Waals surface area contributed by atoms with Crippen LogP contribution in [-0.2, 0) is 19.0 Å². The number of methoxy groups -OCH3 is 2. The summed E-state index contributed by atoms with van der Waals surface area (Å²) in [5, 5.41) is 4.76. The van der Waals surface area contributed by atoms with Crippen LogP contribution in [0.4, 0.5) is 9.59 Å². The molecule has 14 nitrogen and oxygen atoms in total. The van der Waals surface area contributed by atoms with Gasteiger partial charge in [-0.2, -0.15) is 0 Å². The number of allylic oxidation sites excluding steroid dienone is 3. The minimum Gasteiger partial charge on any atom is -0.488 e. The molecule has 2 aromatic heterocycles. The first kappa shape index (κ1) is 42.5. The molecule has 3 amide bonds. The molecule has 0 aliphatic carbocycles. The van der Waals surface area contributed by atoms with E-state index in [1.54, 1.807) is 18.2 Å². The Balaban J connectivity index is 1.12. The Hall–Kier alpha value is -5.63. The van der Waals surface area contributed by atoms with Gasteiger partial charge in [-0.3, -0.25) is 9.69 Å². The Morgan fingerprint density at radius 2 is 1.85 bits per heavy atom. The summed E-state index contributed by atoms with van der Waals surface area (Å²) >= 11 is 0. The van der Waals surface area contributed by atoms with Gasteiger partial charge in [0, 0.05) is 37.1 Å². The van der Waals surface area contributed by atoms with E-state index in [1.165, 1.54) is 7.11 Å². The highest BCUT2D eigenvalue weighted by Gasteiger charge is 2.42. The SMILES string of the molecule is C=C(/C=C1/COc2cc3c(ccc4nc([C@@H]5CC(COC)CN5C(=O)OC(C)(C)C)[nH]c43)cc2/C1=C/C)c1cnc([C@@H]2C[C@H](C)CN2C(=O)C(NC(=O)OC)[C@@H](C)CC)[nH]1. The van der Waals surface area contributed by atoms with Gasteiger partial charge in [-0.15, -0.1) is 0 Å². The number of fused-ring (bicyclic) bond motifs is 4. The van der Waals surface area contributed by atoms with E-state index in [1.807, 2.05) is 58.6 Å². The molecule has 2 fully saturated rings. The molecule has 2 aromatic carbocycles. The summed E-state index contributed by atoms with van der Waals surface area (Å²) in [5.41, 5.74) is 5.54. The topological polar surface area (TPSA) is 164 Å². The van der Waals surface area contributed by atoms with E-state index in [0.29, 0.717) is 44.4 Å². The number of alkyl carbamates (subject to hydrolysis) is 1. The van der Waals surface area contributed by atoms with Crippen molar-refractivity contribution in [2.24, 2.45) is 17.8 Å². The number of carbonyl (C=O) groups excluding carboxylic acids is 3. The van der Waals surface area contributed by atoms with Crippen LogP contribution in [-0.4, -0.2) is 100.0 Å². The molecule has 7 rings (SSSR count). The molecule has 5 heterocycles. The molecule has 3 N–H and O–H groups in total. The summed E-state index contributed by atoms with van der Waals surface area (Å²) in [5.74, 6) is 2.35. The molecule has 2 saturated heterocycles. The summed E-state index contributed by atoms with van der Waals surface area (Å²) < 4.78 is 22.6. The molecule has 4 aromatic rings. The van der Waals surface area contributed by atoms with Crippen molar-refractivity contribution in [3.63, 3.8) is 0 Å². The average molecular weight is 822 g/mol. The van der Waals surface area contributed by atoms with Crippen molar-refractivity contribution >= 4 is 51.0 Å². The first-order chi connectivity index (χ1) is 28.6. The standard InChI is InChI=1S/C46H59N7O7/c1-11-26(4)39(51-44(55)58-10)43(54)52-21-25(3)15-36(52)41-47-20-35(49-41)27(5)16-30-24-59-38-19-32-29(18-33(38)31(30)12-2)13-14-34-40(32)50-42(48-34)37-17-28(23-57-9)22-53(37)45(56)60-46(6,7)8/h12-14,16,18-20,25-26,28,36-37,39H,5,11,15,17,21-24H2,1-4,6-10H3,(H,47,49)(H,48,50)(H,51,55)/b30-16-,31-12+/t25-,26-,28?,36-,37-,39?/m0/s1. The minimum absolute atomic E-state index is 0.0807. The van der Waals surface area contributed by atoms with Gasteiger partial charge >= 0.3 is 12.2 Å². The number of rotatable bonds is 10. The lowest BCUT2D eigenvalue weighted by Crippen LogP contribution is -2.51. The summed E-state index contributed by atoms with van der Waals surface area (Å²) in [6.45, 7) is 20.1. The van der Waals surface area contributed by atoms with E-state index in [4.69, 9.17) is 28.9 Å². The molecular formula is C46H59N7O7. The zero-order valence-corrected chi connectivity index (χ0v) is 36.3. The van der Waals surface area contributed by atoms with Crippen LogP contribution in [0.25, 0.3) is 33.0 Å². The first-order valence-corrected chi connectivity index (χ1v) is 21.0. The zero-order chi connectivity index (χ0) is 43.0. The van der Waals surface area contributed by atoms with E-state index in [0.717, 1.165) is 68.4 Å². The van der Waals surface area contributed by atoms with Gasteiger partial charge in [0.1, 0.15) is 35.6 Å². The smallest absolute Gasteiger partial charge is 0.410 e. The molecule has 14 heteroatoms. The van der Waals surface area contributed by atoms with E-state index in [9.17, 15) is 14.4 Å². The van der Waals surface area contributed by atoms with Crippen molar-refractivity contribution < 1.29 is 33.3 Å². The number of carbonyl (C=O) groups is 3. The Morgan fingerprint density at radius 3 is 2.55 bits per heavy atom. The van der Waals surface area contributed by atoms with Gasteiger partial charge in [0.25, 0.3) is 0 Å². The molecule has 2 unspecified atom stereocenters. The Bertz CT molecular complexity index is 2350. The largest absolute Gasteiger partial charge is 0.488 e. The summed E-state index contributed by atoms with van der Waals surface area (Å²) in [6, 6.07) is 7.04. The summed E-state index contributed by atoms with van der Waals surface area (Å²) in [7, 11) is 2.98. The number of hydrogen-bond donors (Lipinski definition) is 3. The lowest BCUT2D eigenvalue weighted by molar-refractivity contribution is -0.135. The maximum absolute atomic E-state index is 13.9. The normalized spacial score (nSPS) is 22.9. The van der Waals surface area contributed by atoms with Gasteiger partial charge in [-0.25, -0.2) is 19.6 Å². The van der Waals surface area contributed by atoms with Gasteiger partial charge in [-0.05, 0) is 98.8 Å². The predicted octanol–water partition coefficient (Wildman–Crippen LogP) is 8.50. The maximum atomic E-state index is 13.9. The second-order valence-corrected chi connectivity index (χ2v) is 17.6. The molecule has 0 saturated carbocycles. The number of likely N-dealkylation sites (tertiary alicyclic amines) is 2. The predicted molar refractivity (Wildman–Crippen MR) is 231 cm³/mol. The maximum Gasteiger partial charge on any atom is 0.410 e. The highest BCUT2D eigenvalue weighted by Crippen LogP contribution is 2.43. The number of aromatic amines is 2. The van der Waals surface area contributed by atoms with E-state index in [2.05, 4.69) is 53.1 Å². The minimum atomic E-state index is -0.707. The molecule has 60 heavy (non-hydrogen) atoms. The molecule has 3 aliphatic rings. The third-order valence-corrected chi connectivity index (χ3v) is 12.0. The number of nitrogens with one attached hydrogen (secondary N) is 3. The number of aromatic nitrogens is 4. The number of ether oxygens (including phenoxy) is 4. The number of hydrogen-bond acceptors (Lipinski definition) is 9. The third kappa shape index (κ3) is 8.52. The van der Waals surface area contributed by atoms with Crippen molar-refractivity contribution in [2.75, 3.05) is 40.5 Å². The van der Waals surface area contributed by atoms with Gasteiger partial charge in [0.05, 0.1) is 48.7 Å². The van der Waals surface area contributed by atoms with Crippen molar-refractivity contribution in [2.45, 2.75) is 91.5 Å². The summed E-state index contributed by atoms with van der Waals surface area (Å²) in [6.07, 6.45) is 7.07. The van der Waals surface area contributed by atoms with Crippen molar-refractivity contribution in [3.05, 3.63) is 77.7 Å². The number of nitrogens with zero attached hydrogens (tertiary/aromatic N) is 4. The molecule has 6 atom stereocenters. The van der Waals surface area contributed by atoms with Crippen LogP contribution in [0, 0.1) is 17.8 Å². The Labute approximate surface area is 351 Å². The quantitative estimate of drug-likeness (QED) is 0.142. The van der Waals surface area contributed by atoms with Gasteiger partial charge < -0.3 is 39.1 Å². The van der Waals surface area contributed by atoms with Crippen LogP contribution in [0.2, 0.25) is 0 Å². The monoisotopic (exact) mass is 821 g/mol. The summed E-state index contributed by atoms with van der Waals surface area (Å²) in [4.78, 5) is 59.9. The van der Waals surface area contributed by atoms with Crippen LogP contribution in [0.15, 0.2) is 54.8 Å². The highest BCUT2D eigenvalue weighted by atomic mass is 16.6. The van der Waals surface area contributed by atoms with Crippen molar-refractivity contribution in [1.82, 2.24) is 35.1 Å². The second-order valence-electron chi connectivity index (χ2n) is 17.6. The average Bonchev–Trinajstić information content (AvgIpc) is 4.03. The fraction of sp³-hybridized carbons (Fsp3) is 0.500. The Morgan fingerprint density at radius 1 is 1.08 bits per heavy atom. The van der Waals surface area contributed by atoms with Crippen LogP contribution in [0.1, 0.15) is 103 Å². The van der Waals surface area contributed by atoms with Crippen molar-refractivity contribution in [1.29, 1.82) is 0 Å². The fourth-order valence-electron chi connectivity index (χ4n) is 8.82. The van der Waals surface area contributed by atoms with E-state index < -0.39 is 17.7 Å². The second kappa shape index (κ2) is 17.2. The molecule has 0 bridgehead atoms. The lowest BCUT2D eigenvalue weighted by atomic mass is 9.91. The highest BCUT2D eigenvalue weighted by molar-refractivity contribution is 6.07. The molecule has 320 valence electrons. The van der Waals surface area contributed by atoms with Crippen LogP contribution in [0.3, 0.4) is 0 Å². The first-order valence-electron chi connectivity index (χ1n) is 21.0. The van der Waals surface area contributed by atoms with Crippen LogP contribution in [0.5, 0.6) is 5.75 Å². The van der Waals surface area contributed by atoms with E-state index >= 15 is 0 Å². The van der Waals surface area contributed by atoms with Crippen molar-refractivity contribution in [3.8, 4) is 5.75 Å². The molecule has 0 spiro atoms. The van der Waals surface area contributed by atoms with Crippen LogP contribution < -0.4 is 10.1 Å². The van der Waals surface area contributed by atoms with Gasteiger partial charge in [0.15, 0.2) is 0 Å². The number of amides is 3. The van der Waals surface area contributed by atoms with Crippen LogP contribution >= 0.6 is 0 Å². The number of H-pyrrole nitrogens is 2. The Kier molecular flexibility index (Phi) is 12.1. The number of imidazole rings is 2. The third-order valence-electron chi connectivity index (χ3n) is 12.0. The lowest BCUT2D eigenvalue weighted by Gasteiger charge is -2.30. The molecule has 0 radical (unpaired) electrons.